The highest BCUT2D eigenvalue weighted by Gasteiger charge is 2.40. The Hall–Kier alpha value is -2.72. The summed E-state index contributed by atoms with van der Waals surface area (Å²) in [5.74, 6) is -4.59. The predicted molar refractivity (Wildman–Crippen MR) is 132 cm³/mol. The van der Waals surface area contributed by atoms with Crippen molar-refractivity contribution in [3.05, 3.63) is 64.3 Å². The topological polar surface area (TPSA) is 199 Å². The Morgan fingerprint density at radius 1 is 1.00 bits per heavy atom. The Balaban J connectivity index is 2.14. The maximum absolute atomic E-state index is 13.3. The summed E-state index contributed by atoms with van der Waals surface area (Å²) in [6.45, 7) is -3.44. The van der Waals surface area contributed by atoms with Gasteiger partial charge in [0.2, 0.25) is 0 Å². The van der Waals surface area contributed by atoms with E-state index in [4.69, 9.17) is 9.47 Å². The summed E-state index contributed by atoms with van der Waals surface area (Å²) >= 11 is 3.70. The number of aromatic hydroxyl groups is 1. The first kappa shape index (κ1) is 30.5. The van der Waals surface area contributed by atoms with Crippen LogP contribution in [0.2, 0.25) is 0 Å². The number of carbonyl (C=O) groups is 3. The first-order valence-electron chi connectivity index (χ1n) is 9.37. The van der Waals surface area contributed by atoms with E-state index >= 15 is 0 Å². The minimum atomic E-state index is -6.23. The summed E-state index contributed by atoms with van der Waals surface area (Å²) in [5, 5.41) is 16.2. The lowest BCUT2D eigenvalue weighted by Gasteiger charge is -2.19. The summed E-state index contributed by atoms with van der Waals surface area (Å²) in [6, 6.07) is 5.48. The maximum Gasteiger partial charge on any atom is 0.367 e. The fraction of sp³-hybridized carbons (Fsp3) is 0.211. The van der Waals surface area contributed by atoms with E-state index in [2.05, 4.69) is 4.74 Å². The third kappa shape index (κ3) is 7.64. The standard InChI is InChI=1S/C19H13F2I2NO12S/c20-19(21,37(31,32)33)8-36-18(28)14-10(2-1-3-13(14)24(29)30)16(26)34-4-5-35-17(27)11-6-9(22)7-12(23)15(11)25/h1-3,6-7,25H,4-5,8H2,(H,31,32,33)/p-1. The minimum absolute atomic E-state index is 0.164. The molecule has 37 heavy (non-hydrogen) atoms. The lowest BCUT2D eigenvalue weighted by Crippen LogP contribution is -2.35. The molecule has 0 heterocycles. The van der Waals surface area contributed by atoms with Crippen molar-refractivity contribution < 1.29 is 60.4 Å². The number of esters is 3. The van der Waals surface area contributed by atoms with Crippen LogP contribution in [0.3, 0.4) is 0 Å². The zero-order chi connectivity index (χ0) is 28.1. The molecule has 0 aromatic heterocycles. The van der Waals surface area contributed by atoms with Crippen molar-refractivity contribution in [3.63, 3.8) is 0 Å². The van der Waals surface area contributed by atoms with Gasteiger partial charge in [-0.15, -0.1) is 0 Å². The van der Waals surface area contributed by atoms with Gasteiger partial charge in [-0.1, -0.05) is 6.07 Å². The molecule has 0 radical (unpaired) electrons. The van der Waals surface area contributed by atoms with Crippen LogP contribution in [0.4, 0.5) is 14.5 Å². The molecule has 0 bridgehead atoms. The van der Waals surface area contributed by atoms with Gasteiger partial charge in [-0.2, -0.15) is 8.78 Å². The van der Waals surface area contributed by atoms with Crippen LogP contribution >= 0.6 is 45.2 Å². The minimum Gasteiger partial charge on any atom is -0.743 e. The highest BCUT2D eigenvalue weighted by molar-refractivity contribution is 14.1. The average molecular weight is 770 g/mol. The number of halogens is 4. The molecule has 13 nitrogen and oxygen atoms in total. The van der Waals surface area contributed by atoms with E-state index in [1.807, 2.05) is 22.6 Å². The highest BCUT2D eigenvalue weighted by atomic mass is 127. The van der Waals surface area contributed by atoms with Crippen LogP contribution in [0.1, 0.15) is 31.1 Å². The maximum atomic E-state index is 13.3. The van der Waals surface area contributed by atoms with Crippen LogP contribution in [0.5, 0.6) is 5.75 Å². The monoisotopic (exact) mass is 770 g/mol. The van der Waals surface area contributed by atoms with Crippen LogP contribution in [-0.2, 0) is 24.3 Å². The van der Waals surface area contributed by atoms with Crippen molar-refractivity contribution in [2.24, 2.45) is 0 Å². The normalized spacial score (nSPS) is 11.5. The van der Waals surface area contributed by atoms with Gasteiger partial charge in [0.25, 0.3) is 5.69 Å². The highest BCUT2D eigenvalue weighted by Crippen LogP contribution is 2.28. The van der Waals surface area contributed by atoms with Gasteiger partial charge >= 0.3 is 23.2 Å². The Labute approximate surface area is 233 Å². The molecule has 0 aliphatic rings. The number of rotatable bonds is 10. The number of phenols is 1. The predicted octanol–water partition coefficient (Wildman–Crippen LogP) is 2.82. The molecular formula is C19H12F2I2NO12S-. The second-order valence-corrected chi connectivity index (χ2v) is 10.6. The average Bonchev–Trinajstić information content (AvgIpc) is 2.80. The molecule has 2 aromatic rings. The summed E-state index contributed by atoms with van der Waals surface area (Å²) in [4.78, 5) is 47.0. The number of hydrogen-bond donors (Lipinski definition) is 1. The van der Waals surface area contributed by atoms with E-state index in [-0.39, 0.29) is 11.3 Å². The molecule has 0 saturated heterocycles. The number of phenolic OH excluding ortho intramolecular Hbond substituents is 1. The van der Waals surface area contributed by atoms with Crippen molar-refractivity contribution in [2.75, 3.05) is 19.8 Å². The largest absolute Gasteiger partial charge is 0.743 e. The molecule has 0 saturated carbocycles. The summed E-state index contributed by atoms with van der Waals surface area (Å²) in [7, 11) is -6.23. The Bertz CT molecular complexity index is 1370. The van der Waals surface area contributed by atoms with Crippen LogP contribution in [0.25, 0.3) is 0 Å². The van der Waals surface area contributed by atoms with Gasteiger partial charge in [0.15, 0.2) is 22.3 Å². The molecule has 18 heteroatoms. The van der Waals surface area contributed by atoms with E-state index in [9.17, 15) is 51.4 Å². The third-order valence-electron chi connectivity index (χ3n) is 4.20. The SMILES string of the molecule is O=C(OCCOC(=O)c1cccc([N+](=O)[O-])c1C(=O)OCC(F)(F)S(=O)(=O)[O-])c1cc(I)cc(I)c1O. The van der Waals surface area contributed by atoms with Crippen LogP contribution in [0.15, 0.2) is 30.3 Å². The first-order valence-corrected chi connectivity index (χ1v) is 12.9. The summed E-state index contributed by atoms with van der Waals surface area (Å²) < 4.78 is 73.1. The van der Waals surface area contributed by atoms with Crippen LogP contribution < -0.4 is 0 Å². The van der Waals surface area contributed by atoms with Crippen molar-refractivity contribution in [2.45, 2.75) is 5.25 Å². The van der Waals surface area contributed by atoms with Crippen LogP contribution in [0, 0.1) is 17.3 Å². The van der Waals surface area contributed by atoms with Gasteiger partial charge in [0.1, 0.15) is 24.5 Å². The number of nitro benzene ring substituents is 1. The van der Waals surface area contributed by atoms with E-state index in [1.165, 1.54) is 6.07 Å². The molecule has 0 fully saturated rings. The Morgan fingerprint density at radius 2 is 1.57 bits per heavy atom. The van der Waals surface area contributed by atoms with Crippen molar-refractivity contribution in [1.82, 2.24) is 0 Å². The lowest BCUT2D eigenvalue weighted by molar-refractivity contribution is -0.385. The molecule has 0 unspecified atom stereocenters. The van der Waals surface area contributed by atoms with Gasteiger partial charge in [0.05, 0.1) is 14.1 Å². The second-order valence-electron chi connectivity index (χ2n) is 6.68. The fourth-order valence-corrected chi connectivity index (χ4v) is 4.56. The van der Waals surface area contributed by atoms with Gasteiger partial charge < -0.3 is 23.9 Å². The summed E-state index contributed by atoms with van der Waals surface area (Å²) in [5.41, 5.74) is -3.19. The van der Waals surface area contributed by atoms with Crippen LogP contribution in [-0.4, -0.2) is 66.0 Å². The molecule has 0 spiro atoms. The van der Waals surface area contributed by atoms with Crippen molar-refractivity contribution >= 4 is 78.9 Å². The quantitative estimate of drug-likeness (QED) is 0.0706. The number of carbonyl (C=O) groups excluding carboxylic acids is 3. The molecule has 1 N–H and O–H groups in total. The first-order chi connectivity index (χ1) is 17.1. The van der Waals surface area contributed by atoms with Crippen molar-refractivity contribution in [1.29, 1.82) is 0 Å². The molecule has 0 aliphatic carbocycles. The van der Waals surface area contributed by atoms with E-state index in [0.29, 0.717) is 7.14 Å². The second kappa shape index (κ2) is 12.2. The fourth-order valence-electron chi connectivity index (χ4n) is 2.52. The van der Waals surface area contributed by atoms with Gasteiger partial charge in [-0.25, -0.2) is 22.8 Å². The molecule has 200 valence electrons. The molecule has 0 atom stereocenters. The van der Waals surface area contributed by atoms with E-state index < -0.39 is 74.8 Å². The number of ether oxygens (including phenoxy) is 3. The van der Waals surface area contributed by atoms with E-state index in [1.54, 1.807) is 28.7 Å². The smallest absolute Gasteiger partial charge is 0.367 e. The number of nitro groups is 1. The number of hydrogen-bond acceptors (Lipinski definition) is 12. The zero-order valence-corrected chi connectivity index (χ0v) is 22.9. The van der Waals surface area contributed by atoms with Gasteiger partial charge in [0, 0.05) is 9.64 Å². The summed E-state index contributed by atoms with van der Waals surface area (Å²) in [6.07, 6.45) is 0. The molecule has 0 amide bonds. The molecular weight excluding hydrogens is 758 g/mol. The Morgan fingerprint density at radius 3 is 2.11 bits per heavy atom. The van der Waals surface area contributed by atoms with Crippen molar-refractivity contribution in [3.8, 4) is 5.75 Å². The zero-order valence-electron chi connectivity index (χ0n) is 17.8. The molecule has 0 aliphatic heterocycles. The number of nitrogens with zero attached hydrogens (tertiary/aromatic N) is 1. The number of alkyl halides is 2. The third-order valence-corrected chi connectivity index (χ3v) is 6.49. The Kier molecular flexibility index (Phi) is 10.1. The van der Waals surface area contributed by atoms with Gasteiger partial charge in [-0.05, 0) is 63.4 Å². The van der Waals surface area contributed by atoms with Gasteiger partial charge in [-0.3, -0.25) is 10.1 Å². The lowest BCUT2D eigenvalue weighted by atomic mass is 10.1. The number of benzene rings is 2. The van der Waals surface area contributed by atoms with E-state index in [0.717, 1.165) is 18.2 Å². The molecule has 2 aromatic carbocycles. The molecule has 2 rings (SSSR count).